The minimum atomic E-state index is 0.259. The van der Waals surface area contributed by atoms with E-state index < -0.39 is 0 Å². The van der Waals surface area contributed by atoms with Crippen LogP contribution in [0, 0.1) is 0 Å². The van der Waals surface area contributed by atoms with E-state index in [4.69, 9.17) is 0 Å². The Morgan fingerprint density at radius 1 is 1.33 bits per heavy atom. The molecule has 5 nitrogen and oxygen atoms in total. The van der Waals surface area contributed by atoms with Crippen LogP contribution in [-0.2, 0) is 20.0 Å². The summed E-state index contributed by atoms with van der Waals surface area (Å²) >= 11 is 0. The van der Waals surface area contributed by atoms with Crippen LogP contribution in [0.5, 0.6) is 0 Å². The molecule has 0 aliphatic carbocycles. The molecule has 0 radical (unpaired) electrons. The Hall–Kier alpha value is -1.62. The first-order chi connectivity index (χ1) is 8.76. The molecule has 1 N–H and O–H groups in total. The fraction of sp³-hybridized carbons (Fsp3) is 0.538. The van der Waals surface area contributed by atoms with E-state index in [0.717, 1.165) is 25.3 Å². The summed E-state index contributed by atoms with van der Waals surface area (Å²) in [6.45, 7) is 6.15. The molecule has 0 spiro atoms. The fourth-order valence-electron chi connectivity index (χ4n) is 2.25. The van der Waals surface area contributed by atoms with Gasteiger partial charge < -0.3 is 9.88 Å². The highest BCUT2D eigenvalue weighted by atomic mass is 15.3. The number of likely N-dealkylation sites (N-methyl/N-ethyl adjacent to an activating group) is 1. The van der Waals surface area contributed by atoms with Crippen molar-refractivity contribution >= 4 is 0 Å². The first kappa shape index (κ1) is 12.8. The van der Waals surface area contributed by atoms with Crippen LogP contribution < -0.4 is 5.32 Å². The van der Waals surface area contributed by atoms with Crippen LogP contribution in [0.15, 0.2) is 24.7 Å². The number of aromatic nitrogens is 4. The van der Waals surface area contributed by atoms with E-state index in [1.165, 1.54) is 5.69 Å². The second-order valence-corrected chi connectivity index (χ2v) is 4.32. The van der Waals surface area contributed by atoms with E-state index in [-0.39, 0.29) is 6.04 Å². The number of imidazole rings is 1. The highest BCUT2D eigenvalue weighted by Crippen LogP contribution is 2.16. The van der Waals surface area contributed by atoms with Crippen LogP contribution in [0.4, 0.5) is 0 Å². The molecular weight excluding hydrogens is 226 g/mol. The molecule has 2 heterocycles. The molecule has 18 heavy (non-hydrogen) atoms. The van der Waals surface area contributed by atoms with Gasteiger partial charge in [0.25, 0.3) is 0 Å². The molecule has 0 bridgehead atoms. The molecular formula is C13H21N5. The lowest BCUT2D eigenvalue weighted by molar-refractivity contribution is 0.488. The summed E-state index contributed by atoms with van der Waals surface area (Å²) in [5, 5.41) is 7.74. The molecule has 0 aliphatic rings. The largest absolute Gasteiger partial charge is 0.335 e. The van der Waals surface area contributed by atoms with E-state index in [2.05, 4.69) is 39.9 Å². The van der Waals surface area contributed by atoms with E-state index in [9.17, 15) is 0 Å². The molecule has 1 atom stereocenters. The summed E-state index contributed by atoms with van der Waals surface area (Å²) in [5.41, 5.74) is 1.20. The van der Waals surface area contributed by atoms with Crippen molar-refractivity contribution in [3.8, 4) is 0 Å². The van der Waals surface area contributed by atoms with Gasteiger partial charge in [0, 0.05) is 38.6 Å². The van der Waals surface area contributed by atoms with Gasteiger partial charge in [-0.1, -0.05) is 6.92 Å². The monoisotopic (exact) mass is 247 g/mol. The van der Waals surface area contributed by atoms with Gasteiger partial charge in [0.1, 0.15) is 5.82 Å². The number of nitrogens with zero attached hydrogens (tertiary/aromatic N) is 4. The summed E-state index contributed by atoms with van der Waals surface area (Å²) in [6, 6.07) is 2.32. The van der Waals surface area contributed by atoms with Gasteiger partial charge in [-0.15, -0.1) is 0 Å². The van der Waals surface area contributed by atoms with Gasteiger partial charge in [-0.3, -0.25) is 4.68 Å². The third kappa shape index (κ3) is 2.61. The van der Waals surface area contributed by atoms with Crippen molar-refractivity contribution in [1.82, 2.24) is 24.6 Å². The molecule has 0 amide bonds. The zero-order chi connectivity index (χ0) is 13.0. The first-order valence-electron chi connectivity index (χ1n) is 6.47. The molecule has 1 unspecified atom stereocenters. The Kier molecular flexibility index (Phi) is 4.15. The van der Waals surface area contributed by atoms with Crippen LogP contribution in [0.3, 0.4) is 0 Å². The Balaban J connectivity index is 2.19. The molecule has 0 fully saturated rings. The molecule has 98 valence electrons. The number of aryl methyl sites for hydroxylation is 2. The van der Waals surface area contributed by atoms with Crippen molar-refractivity contribution < 1.29 is 0 Å². The van der Waals surface area contributed by atoms with Crippen LogP contribution in [0.2, 0.25) is 0 Å². The van der Waals surface area contributed by atoms with Crippen LogP contribution in [-0.4, -0.2) is 25.9 Å². The minimum Gasteiger partial charge on any atom is -0.335 e. The topological polar surface area (TPSA) is 47.7 Å². The van der Waals surface area contributed by atoms with Crippen molar-refractivity contribution in [2.45, 2.75) is 32.9 Å². The van der Waals surface area contributed by atoms with Gasteiger partial charge in [-0.25, -0.2) is 4.98 Å². The zero-order valence-corrected chi connectivity index (χ0v) is 11.3. The Labute approximate surface area is 108 Å². The molecule has 5 heteroatoms. The predicted molar refractivity (Wildman–Crippen MR) is 71.2 cm³/mol. The van der Waals surface area contributed by atoms with E-state index in [0.29, 0.717) is 0 Å². The zero-order valence-electron chi connectivity index (χ0n) is 11.3. The maximum Gasteiger partial charge on any atom is 0.110 e. The van der Waals surface area contributed by atoms with Gasteiger partial charge in [-0.05, 0) is 19.5 Å². The lowest BCUT2D eigenvalue weighted by Crippen LogP contribution is -2.26. The smallest absolute Gasteiger partial charge is 0.110 e. The van der Waals surface area contributed by atoms with E-state index >= 15 is 0 Å². The van der Waals surface area contributed by atoms with Gasteiger partial charge in [0.05, 0.1) is 11.7 Å². The third-order valence-electron chi connectivity index (χ3n) is 3.20. The van der Waals surface area contributed by atoms with Gasteiger partial charge in [0.2, 0.25) is 0 Å². The summed E-state index contributed by atoms with van der Waals surface area (Å²) < 4.78 is 4.10. The van der Waals surface area contributed by atoms with Crippen molar-refractivity contribution in [3.05, 3.63) is 36.2 Å². The number of hydrogen-bond acceptors (Lipinski definition) is 3. The van der Waals surface area contributed by atoms with Crippen molar-refractivity contribution in [2.24, 2.45) is 7.05 Å². The summed E-state index contributed by atoms with van der Waals surface area (Å²) in [4.78, 5) is 4.44. The second-order valence-electron chi connectivity index (χ2n) is 4.32. The highest BCUT2D eigenvalue weighted by molar-refractivity contribution is 5.10. The molecule has 2 aromatic heterocycles. The minimum absolute atomic E-state index is 0.259. The average Bonchev–Trinajstić information content (AvgIpc) is 2.97. The van der Waals surface area contributed by atoms with Gasteiger partial charge >= 0.3 is 0 Å². The highest BCUT2D eigenvalue weighted by Gasteiger charge is 2.16. The summed E-state index contributed by atoms with van der Waals surface area (Å²) in [7, 11) is 1.98. The molecule has 0 saturated carbocycles. The van der Waals surface area contributed by atoms with Crippen molar-refractivity contribution in [2.75, 3.05) is 6.54 Å². The number of rotatable bonds is 6. The summed E-state index contributed by atoms with van der Waals surface area (Å²) in [6.07, 6.45) is 6.62. The normalized spacial score (nSPS) is 12.8. The number of hydrogen-bond donors (Lipinski definition) is 1. The third-order valence-corrected chi connectivity index (χ3v) is 3.20. The molecule has 2 rings (SSSR count). The average molecular weight is 247 g/mol. The Morgan fingerprint density at radius 3 is 2.78 bits per heavy atom. The summed E-state index contributed by atoms with van der Waals surface area (Å²) in [5.74, 6) is 1.12. The maximum absolute atomic E-state index is 4.44. The maximum atomic E-state index is 4.44. The standard InChI is InChI=1S/C13H21N5/c1-4-14-11(12-6-7-16-17(12)3)10-13-15-8-9-18(13)5-2/h6-9,11,14H,4-5,10H2,1-3H3. The molecule has 0 aliphatic heterocycles. The van der Waals surface area contributed by atoms with Crippen molar-refractivity contribution in [1.29, 1.82) is 0 Å². The Bertz CT molecular complexity index is 485. The second kappa shape index (κ2) is 5.82. The number of nitrogens with one attached hydrogen (secondary N) is 1. The first-order valence-corrected chi connectivity index (χ1v) is 6.47. The molecule has 0 aromatic carbocycles. The Morgan fingerprint density at radius 2 is 2.17 bits per heavy atom. The fourth-order valence-corrected chi connectivity index (χ4v) is 2.25. The SMILES string of the molecule is CCNC(Cc1nccn1CC)c1ccnn1C. The van der Waals surface area contributed by atoms with Gasteiger partial charge in [-0.2, -0.15) is 5.10 Å². The molecule has 2 aromatic rings. The molecule has 0 saturated heterocycles. The lowest BCUT2D eigenvalue weighted by atomic mass is 10.1. The van der Waals surface area contributed by atoms with Crippen LogP contribution in [0.25, 0.3) is 0 Å². The van der Waals surface area contributed by atoms with Gasteiger partial charge in [0.15, 0.2) is 0 Å². The van der Waals surface area contributed by atoms with E-state index in [1.54, 1.807) is 0 Å². The van der Waals surface area contributed by atoms with Crippen LogP contribution >= 0.6 is 0 Å². The van der Waals surface area contributed by atoms with E-state index in [1.807, 2.05) is 30.3 Å². The van der Waals surface area contributed by atoms with Crippen LogP contribution in [0.1, 0.15) is 31.4 Å². The quantitative estimate of drug-likeness (QED) is 0.842. The lowest BCUT2D eigenvalue weighted by Gasteiger charge is -2.18. The van der Waals surface area contributed by atoms with Crippen molar-refractivity contribution in [3.63, 3.8) is 0 Å². The predicted octanol–water partition coefficient (Wildman–Crippen LogP) is 1.53.